The average molecular weight is 446 g/mol. The molecule has 0 radical (unpaired) electrons. The first-order chi connectivity index (χ1) is 14.9. The molecule has 6 aliphatic rings. The molecule has 0 spiro atoms. The number of hydrogen-bond acceptors (Lipinski definition) is 6. The fraction of sp³-hybridized carbons (Fsp3) is 0.833. The van der Waals surface area contributed by atoms with E-state index in [0.717, 1.165) is 38.5 Å². The maximum Gasteiger partial charge on any atom is 0.408 e. The van der Waals surface area contributed by atoms with Gasteiger partial charge in [-0.2, -0.15) is 0 Å². The normalized spacial score (nSPS) is 42.1. The number of piperidine rings is 1. The van der Waals surface area contributed by atoms with Crippen molar-refractivity contribution in [3.05, 3.63) is 5.70 Å². The number of carbonyl (C=O) groups excluding carboxylic acids is 3. The molecule has 1 saturated heterocycles. The van der Waals surface area contributed by atoms with Crippen molar-refractivity contribution in [3.63, 3.8) is 0 Å². The van der Waals surface area contributed by atoms with E-state index < -0.39 is 40.7 Å². The Labute approximate surface area is 188 Å². The van der Waals surface area contributed by atoms with Crippen molar-refractivity contribution in [1.82, 2.24) is 10.2 Å². The van der Waals surface area contributed by atoms with Crippen molar-refractivity contribution < 1.29 is 24.2 Å². The number of amides is 2. The zero-order chi connectivity index (χ0) is 23.1. The lowest BCUT2D eigenvalue weighted by Crippen LogP contribution is -2.64. The van der Waals surface area contributed by atoms with E-state index in [1.54, 1.807) is 20.8 Å². The van der Waals surface area contributed by atoms with Gasteiger partial charge in [-0.25, -0.2) is 9.59 Å². The molecule has 8 heteroatoms. The van der Waals surface area contributed by atoms with Gasteiger partial charge < -0.3 is 25.8 Å². The summed E-state index contributed by atoms with van der Waals surface area (Å²) in [5.74, 6) is 2.76. The third-order valence-corrected chi connectivity index (χ3v) is 8.44. The first kappa shape index (κ1) is 21.8. The second kappa shape index (κ2) is 6.97. The number of nitrogens with one attached hydrogen (secondary N) is 1. The molecule has 8 nitrogen and oxygen atoms in total. The van der Waals surface area contributed by atoms with Crippen LogP contribution in [0.1, 0.15) is 72.1 Å². The Hall–Kier alpha value is -2.05. The number of fused-ring (bicyclic) bond motifs is 1. The average Bonchev–Trinajstić information content (AvgIpc) is 3.29. The Kier molecular flexibility index (Phi) is 4.75. The van der Waals surface area contributed by atoms with Crippen LogP contribution in [-0.2, 0) is 14.3 Å². The van der Waals surface area contributed by atoms with Gasteiger partial charge in [-0.1, -0.05) is 0 Å². The molecule has 1 aliphatic heterocycles. The van der Waals surface area contributed by atoms with E-state index in [4.69, 9.17) is 10.5 Å². The van der Waals surface area contributed by atoms with Crippen molar-refractivity contribution in [3.8, 4) is 0 Å². The molecule has 6 rings (SSSR count). The molecule has 176 valence electrons. The highest BCUT2D eigenvalue weighted by atomic mass is 16.6. The summed E-state index contributed by atoms with van der Waals surface area (Å²) in [6, 6.07) is -1.15. The Morgan fingerprint density at radius 2 is 1.81 bits per heavy atom. The van der Waals surface area contributed by atoms with Gasteiger partial charge in [0.05, 0.1) is 11.6 Å². The molecule has 5 saturated carbocycles. The van der Waals surface area contributed by atoms with E-state index in [2.05, 4.69) is 11.3 Å². The number of primary amides is 1. The lowest BCUT2D eigenvalue weighted by Gasteiger charge is -2.62. The summed E-state index contributed by atoms with van der Waals surface area (Å²) in [5.41, 5.74) is 4.09. The van der Waals surface area contributed by atoms with Gasteiger partial charge >= 0.3 is 6.09 Å². The zero-order valence-electron chi connectivity index (χ0n) is 19.2. The van der Waals surface area contributed by atoms with Gasteiger partial charge in [0, 0.05) is 11.5 Å². The third kappa shape index (κ3) is 3.61. The molecule has 6 fully saturated rings. The predicted molar refractivity (Wildman–Crippen MR) is 116 cm³/mol. The maximum atomic E-state index is 12.9. The molecule has 6 atom stereocenters. The smallest absolute Gasteiger partial charge is 0.408 e. The molecule has 0 aromatic rings. The molecule has 4 bridgehead atoms. The number of aliphatic hydroxyl groups is 1. The SMILES string of the molecule is CC(C)(C)OC(=O)N[C@H](C(=C=O)N1[C@H](C(N)=O)C[C@@H]2C[C@@H]21)C12CC3CC(CC(O)(C3)C1)C2. The van der Waals surface area contributed by atoms with Gasteiger partial charge in [-0.15, -0.1) is 0 Å². The van der Waals surface area contributed by atoms with Crippen LogP contribution in [0.15, 0.2) is 5.70 Å². The van der Waals surface area contributed by atoms with E-state index in [1.165, 1.54) is 0 Å². The minimum Gasteiger partial charge on any atom is -0.444 e. The zero-order valence-corrected chi connectivity index (χ0v) is 19.2. The number of alkyl carbamates (subject to hydrolysis) is 1. The molecular formula is C24H35N3O5. The molecule has 2 unspecified atom stereocenters. The van der Waals surface area contributed by atoms with Crippen LogP contribution < -0.4 is 11.1 Å². The quantitative estimate of drug-likeness (QED) is 0.556. The van der Waals surface area contributed by atoms with Crippen LogP contribution >= 0.6 is 0 Å². The Morgan fingerprint density at radius 3 is 2.34 bits per heavy atom. The highest BCUT2D eigenvalue weighted by Crippen LogP contribution is 2.64. The number of carbonyl (C=O) groups is 2. The molecule has 2 amide bonds. The van der Waals surface area contributed by atoms with Crippen LogP contribution in [0.4, 0.5) is 4.79 Å². The summed E-state index contributed by atoms with van der Waals surface area (Å²) in [6.07, 6.45) is 5.79. The molecule has 0 aromatic heterocycles. The number of nitrogens with two attached hydrogens (primary N) is 1. The third-order valence-electron chi connectivity index (χ3n) is 8.44. The van der Waals surface area contributed by atoms with E-state index >= 15 is 0 Å². The molecule has 4 N–H and O–H groups in total. The summed E-state index contributed by atoms with van der Waals surface area (Å²) in [5, 5.41) is 14.3. The van der Waals surface area contributed by atoms with Crippen molar-refractivity contribution in [2.45, 2.75) is 101 Å². The van der Waals surface area contributed by atoms with Gasteiger partial charge in [0.2, 0.25) is 5.91 Å². The van der Waals surface area contributed by atoms with Crippen LogP contribution in [-0.4, -0.2) is 57.3 Å². The van der Waals surface area contributed by atoms with Crippen LogP contribution in [0.3, 0.4) is 0 Å². The van der Waals surface area contributed by atoms with Crippen molar-refractivity contribution in [2.24, 2.45) is 28.9 Å². The standard InChI is InChI=1S/C24H35N3O5/c1-22(2,3)32-21(30)26-19(18(11-28)27-16-5-15(16)6-17(27)20(25)29)23-7-13-4-14(8-23)10-24(31,9-13)12-23/h13-17,19,31H,4-10,12H2,1-3H3,(H2,25,29)(H,26,30)/t13?,14?,15-,16-,17-,19+,23?,24?/m0/s1. The minimum atomic E-state index is -0.762. The summed E-state index contributed by atoms with van der Waals surface area (Å²) >= 11 is 0. The van der Waals surface area contributed by atoms with Gasteiger partial charge in [-0.05, 0) is 89.9 Å². The molecule has 5 aliphatic carbocycles. The first-order valence-corrected chi connectivity index (χ1v) is 12.0. The molecule has 32 heavy (non-hydrogen) atoms. The number of ether oxygens (including phenoxy) is 1. The minimum absolute atomic E-state index is 0.0869. The molecule has 1 heterocycles. The largest absolute Gasteiger partial charge is 0.444 e. The van der Waals surface area contributed by atoms with Crippen LogP contribution in [0.2, 0.25) is 0 Å². The van der Waals surface area contributed by atoms with E-state index in [-0.39, 0.29) is 6.04 Å². The highest BCUT2D eigenvalue weighted by molar-refractivity contribution is 5.82. The fourth-order valence-corrected chi connectivity index (χ4v) is 7.88. The number of rotatable bonds is 5. The van der Waals surface area contributed by atoms with Gasteiger partial charge in [0.25, 0.3) is 0 Å². The fourth-order valence-electron chi connectivity index (χ4n) is 7.88. The summed E-state index contributed by atoms with van der Waals surface area (Å²) in [6.45, 7) is 5.39. The topological polar surface area (TPSA) is 122 Å². The van der Waals surface area contributed by atoms with Crippen molar-refractivity contribution >= 4 is 17.9 Å². The predicted octanol–water partition coefficient (Wildman–Crippen LogP) is 1.87. The second-order valence-corrected chi connectivity index (χ2v) is 12.2. The van der Waals surface area contributed by atoms with Crippen LogP contribution in [0.5, 0.6) is 0 Å². The summed E-state index contributed by atoms with van der Waals surface area (Å²) in [4.78, 5) is 39.5. The van der Waals surface area contributed by atoms with Crippen LogP contribution in [0.25, 0.3) is 0 Å². The Morgan fingerprint density at radius 1 is 1.16 bits per heavy atom. The summed E-state index contributed by atoms with van der Waals surface area (Å²) in [7, 11) is 0. The second-order valence-electron chi connectivity index (χ2n) is 12.2. The maximum absolute atomic E-state index is 12.9. The van der Waals surface area contributed by atoms with E-state index in [1.807, 2.05) is 4.90 Å². The number of nitrogens with zero attached hydrogens (tertiary/aromatic N) is 1. The molecule has 0 aromatic carbocycles. The van der Waals surface area contributed by atoms with Crippen molar-refractivity contribution in [2.75, 3.05) is 0 Å². The van der Waals surface area contributed by atoms with E-state index in [9.17, 15) is 19.5 Å². The number of hydrogen-bond donors (Lipinski definition) is 3. The van der Waals surface area contributed by atoms with Gasteiger partial charge in [0.15, 0.2) is 0 Å². The lowest BCUT2D eigenvalue weighted by atomic mass is 9.46. The lowest BCUT2D eigenvalue weighted by molar-refractivity contribution is -0.171. The summed E-state index contributed by atoms with van der Waals surface area (Å²) < 4.78 is 5.56. The van der Waals surface area contributed by atoms with Crippen molar-refractivity contribution in [1.29, 1.82) is 0 Å². The first-order valence-electron chi connectivity index (χ1n) is 12.0. The Balaban J connectivity index is 1.52. The highest BCUT2D eigenvalue weighted by Gasteiger charge is 2.63. The van der Waals surface area contributed by atoms with Gasteiger partial charge in [-0.3, -0.25) is 4.79 Å². The Bertz CT molecular complexity index is 875. The monoisotopic (exact) mass is 445 g/mol. The number of likely N-dealkylation sites (tertiary alicyclic amines) is 1. The molecular weight excluding hydrogens is 410 g/mol. The van der Waals surface area contributed by atoms with E-state index in [0.29, 0.717) is 36.3 Å². The van der Waals surface area contributed by atoms with Crippen LogP contribution in [0, 0.1) is 23.2 Å². The van der Waals surface area contributed by atoms with Gasteiger partial charge in [0.1, 0.15) is 23.3 Å².